The van der Waals surface area contributed by atoms with Crippen LogP contribution in [-0.2, 0) is 0 Å². The molecule has 48 valence electrons. The summed E-state index contributed by atoms with van der Waals surface area (Å²) in [4.78, 5) is 0. The van der Waals surface area contributed by atoms with Crippen molar-refractivity contribution in [2.24, 2.45) is 0 Å². The van der Waals surface area contributed by atoms with E-state index < -0.39 is 0 Å². The molecule has 0 aromatic carbocycles. The highest BCUT2D eigenvalue weighted by Crippen LogP contribution is 2.07. The molecular weight excluding hydrogens is 234 g/mol. The van der Waals surface area contributed by atoms with Gasteiger partial charge in [0.25, 0.3) is 0 Å². The number of hydrogen-bond acceptors (Lipinski definition) is 0. The fraction of sp³-hybridized carbons (Fsp3) is 0.667. The molecule has 0 aromatic rings. The Balaban J connectivity index is 3.86. The average Bonchev–Trinajstić information content (AvgIpc) is 1.69. The molecule has 2 heteroatoms. The van der Waals surface area contributed by atoms with Crippen LogP contribution in [0.3, 0.4) is 0 Å². The minimum absolute atomic E-state index is 0.686. The molecule has 0 radical (unpaired) electrons. The Hall–Kier alpha value is 0.760. The van der Waals surface area contributed by atoms with E-state index in [-0.39, 0.29) is 0 Å². The van der Waals surface area contributed by atoms with Crippen molar-refractivity contribution in [3.05, 3.63) is 11.1 Å². The van der Waals surface area contributed by atoms with Gasteiger partial charge in [-0.3, -0.25) is 0 Å². The molecule has 8 heavy (non-hydrogen) atoms. The maximum atomic E-state index is 5.60. The van der Waals surface area contributed by atoms with E-state index in [1.807, 2.05) is 0 Å². The smallest absolute Gasteiger partial charge is 0.0443 e. The minimum atomic E-state index is 0.686. The van der Waals surface area contributed by atoms with Gasteiger partial charge in [0.15, 0.2) is 0 Å². The summed E-state index contributed by atoms with van der Waals surface area (Å²) in [5, 5.41) is 0. The highest BCUT2D eigenvalue weighted by Gasteiger charge is 1.92. The van der Waals surface area contributed by atoms with Crippen molar-refractivity contribution in [2.45, 2.75) is 13.8 Å². The predicted octanol–water partition coefficient (Wildman–Crippen LogP) is 3.00. The topological polar surface area (TPSA) is 0 Å². The lowest BCUT2D eigenvalue weighted by Crippen LogP contribution is -1.87. The Bertz CT molecular complexity index is 86.7. The third-order valence-corrected chi connectivity index (χ3v) is 2.27. The molecule has 0 nitrogen and oxygen atoms in total. The fourth-order valence-electron chi connectivity index (χ4n) is 0.303. The number of rotatable bonds is 2. The lowest BCUT2D eigenvalue weighted by atomic mass is 10.2. The summed E-state index contributed by atoms with van der Waals surface area (Å²) >= 11 is 7.92. The van der Waals surface area contributed by atoms with Gasteiger partial charge in [-0.1, -0.05) is 28.2 Å². The van der Waals surface area contributed by atoms with Crippen molar-refractivity contribution in [1.82, 2.24) is 0 Å². The van der Waals surface area contributed by atoms with Crippen LogP contribution in [0.5, 0.6) is 0 Å². The average molecular weight is 245 g/mol. The SMILES string of the molecule is CC(C)=C(CCl)CI. The van der Waals surface area contributed by atoms with Crippen LogP contribution in [0.1, 0.15) is 13.8 Å². The second-order valence-corrected chi connectivity index (χ2v) is 2.90. The van der Waals surface area contributed by atoms with Gasteiger partial charge in [-0.25, -0.2) is 0 Å². The molecule has 0 N–H and O–H groups in total. The molecule has 0 fully saturated rings. The zero-order valence-electron chi connectivity index (χ0n) is 5.17. The normalized spacial score (nSPS) is 9.00. The van der Waals surface area contributed by atoms with Gasteiger partial charge in [-0.05, 0) is 19.4 Å². The van der Waals surface area contributed by atoms with Crippen LogP contribution in [0, 0.1) is 0 Å². The van der Waals surface area contributed by atoms with Crippen LogP contribution in [0.4, 0.5) is 0 Å². The monoisotopic (exact) mass is 244 g/mol. The Morgan fingerprint density at radius 2 is 2.00 bits per heavy atom. The minimum Gasteiger partial charge on any atom is -0.122 e. The van der Waals surface area contributed by atoms with Gasteiger partial charge in [0.05, 0.1) is 0 Å². The highest BCUT2D eigenvalue weighted by molar-refractivity contribution is 14.1. The standard InChI is InChI=1S/C6H10ClI/c1-5(2)6(3-7)4-8/h3-4H2,1-2H3. The van der Waals surface area contributed by atoms with Crippen LogP contribution in [0.2, 0.25) is 0 Å². The molecule has 0 aliphatic rings. The molecule has 0 amide bonds. The van der Waals surface area contributed by atoms with Gasteiger partial charge < -0.3 is 0 Å². The van der Waals surface area contributed by atoms with Gasteiger partial charge in [-0.15, -0.1) is 11.6 Å². The summed E-state index contributed by atoms with van der Waals surface area (Å²) in [6, 6.07) is 0. The maximum absolute atomic E-state index is 5.60. The van der Waals surface area contributed by atoms with E-state index in [0.717, 1.165) is 4.43 Å². The molecule has 0 rings (SSSR count). The lowest BCUT2D eigenvalue weighted by molar-refractivity contribution is 1.26. The van der Waals surface area contributed by atoms with E-state index in [9.17, 15) is 0 Å². The first kappa shape index (κ1) is 8.76. The van der Waals surface area contributed by atoms with Gasteiger partial charge in [-0.2, -0.15) is 0 Å². The molecule has 0 bridgehead atoms. The Labute approximate surface area is 69.4 Å². The lowest BCUT2D eigenvalue weighted by Gasteiger charge is -1.98. The van der Waals surface area contributed by atoms with E-state index in [2.05, 4.69) is 36.4 Å². The third kappa shape index (κ3) is 2.92. The van der Waals surface area contributed by atoms with Crippen molar-refractivity contribution < 1.29 is 0 Å². The van der Waals surface area contributed by atoms with Crippen molar-refractivity contribution in [3.63, 3.8) is 0 Å². The van der Waals surface area contributed by atoms with Gasteiger partial charge in [0.1, 0.15) is 0 Å². The molecule has 0 heterocycles. The first-order chi connectivity index (χ1) is 3.72. The highest BCUT2D eigenvalue weighted by atomic mass is 127. The van der Waals surface area contributed by atoms with E-state index in [4.69, 9.17) is 11.6 Å². The number of alkyl halides is 2. The van der Waals surface area contributed by atoms with Crippen LogP contribution >= 0.6 is 34.2 Å². The maximum Gasteiger partial charge on any atom is 0.0443 e. The van der Waals surface area contributed by atoms with Crippen LogP contribution in [0.15, 0.2) is 11.1 Å². The first-order valence-corrected chi connectivity index (χ1v) is 4.55. The Morgan fingerprint density at radius 3 is 2.00 bits per heavy atom. The van der Waals surface area contributed by atoms with Crippen molar-refractivity contribution in [1.29, 1.82) is 0 Å². The number of hydrogen-bond donors (Lipinski definition) is 0. The quantitative estimate of drug-likeness (QED) is 0.398. The molecule has 0 atom stereocenters. The molecule has 0 aromatic heterocycles. The summed E-state index contributed by atoms with van der Waals surface area (Å²) < 4.78 is 1.06. The molecule has 0 aliphatic carbocycles. The largest absolute Gasteiger partial charge is 0.122 e. The summed E-state index contributed by atoms with van der Waals surface area (Å²) in [6.45, 7) is 4.19. The van der Waals surface area contributed by atoms with Crippen molar-refractivity contribution in [3.8, 4) is 0 Å². The van der Waals surface area contributed by atoms with E-state index in [1.54, 1.807) is 0 Å². The second kappa shape index (κ2) is 4.62. The second-order valence-electron chi connectivity index (χ2n) is 1.87. The zero-order chi connectivity index (χ0) is 6.57. The molecule has 0 unspecified atom stereocenters. The van der Waals surface area contributed by atoms with Gasteiger partial charge in [0.2, 0.25) is 0 Å². The van der Waals surface area contributed by atoms with Gasteiger partial charge in [0, 0.05) is 10.3 Å². The first-order valence-electron chi connectivity index (χ1n) is 2.49. The predicted molar refractivity (Wildman–Crippen MR) is 48.0 cm³/mol. The van der Waals surface area contributed by atoms with Crippen molar-refractivity contribution in [2.75, 3.05) is 10.3 Å². The summed E-state index contributed by atoms with van der Waals surface area (Å²) in [7, 11) is 0. The molecule has 0 saturated carbocycles. The van der Waals surface area contributed by atoms with Crippen LogP contribution in [-0.4, -0.2) is 10.3 Å². The third-order valence-electron chi connectivity index (χ3n) is 1.03. The van der Waals surface area contributed by atoms with Crippen molar-refractivity contribution >= 4 is 34.2 Å². The summed E-state index contributed by atoms with van der Waals surface area (Å²) in [5.41, 5.74) is 2.71. The zero-order valence-corrected chi connectivity index (χ0v) is 8.08. The Morgan fingerprint density at radius 1 is 1.50 bits per heavy atom. The molecule has 0 saturated heterocycles. The molecule has 0 spiro atoms. The van der Waals surface area contributed by atoms with E-state index in [0.29, 0.717) is 5.88 Å². The van der Waals surface area contributed by atoms with E-state index in [1.165, 1.54) is 11.1 Å². The van der Waals surface area contributed by atoms with Crippen LogP contribution < -0.4 is 0 Å². The molecule has 0 aliphatic heterocycles. The van der Waals surface area contributed by atoms with E-state index >= 15 is 0 Å². The summed E-state index contributed by atoms with van der Waals surface area (Å²) in [5.74, 6) is 0.686. The Kier molecular flexibility index (Phi) is 5.06. The molecular formula is C6H10ClI. The fourth-order valence-corrected chi connectivity index (χ4v) is 2.02. The van der Waals surface area contributed by atoms with Gasteiger partial charge >= 0.3 is 0 Å². The number of halogens is 2. The number of allylic oxidation sites excluding steroid dienone is 2. The summed E-state index contributed by atoms with van der Waals surface area (Å²) in [6.07, 6.45) is 0. The van der Waals surface area contributed by atoms with Crippen LogP contribution in [0.25, 0.3) is 0 Å².